The Morgan fingerprint density at radius 2 is 1.36 bits per heavy atom. The monoisotopic (exact) mass is 668 g/mol. The van der Waals surface area contributed by atoms with E-state index in [-0.39, 0.29) is 11.8 Å². The summed E-state index contributed by atoms with van der Waals surface area (Å²) in [5.74, 6) is 12.9. The predicted molar refractivity (Wildman–Crippen MR) is 186 cm³/mol. The molecule has 0 saturated heterocycles. The van der Waals surface area contributed by atoms with Gasteiger partial charge in [-0.25, -0.2) is 9.97 Å². The number of aromatic nitrogens is 6. The van der Waals surface area contributed by atoms with Crippen molar-refractivity contribution in [1.82, 2.24) is 30.1 Å². The highest BCUT2D eigenvalue weighted by molar-refractivity contribution is 5.95. The number of pyridine rings is 4. The van der Waals surface area contributed by atoms with Gasteiger partial charge in [0.15, 0.2) is 5.84 Å². The fraction of sp³-hybridized carbons (Fsp3) is 0.263. The summed E-state index contributed by atoms with van der Waals surface area (Å²) < 4.78 is 5.40. The SMILES string of the molecule is C(#Cc1ccccn1)c1ccc(-c2noc(C3CCCC3)n2)nc1.N/C(=N\O)c1ccc(C#Cc2ccccn2)cn1.O=C(O)C1CCCC1. The third kappa shape index (κ3) is 10.6. The molecule has 2 aliphatic carbocycles. The molecule has 0 amide bonds. The minimum Gasteiger partial charge on any atom is -0.481 e. The summed E-state index contributed by atoms with van der Waals surface area (Å²) in [6.45, 7) is 0. The largest absolute Gasteiger partial charge is 0.481 e. The molecule has 2 fully saturated rings. The Balaban J connectivity index is 0.000000164. The Morgan fingerprint density at radius 1 is 0.760 bits per heavy atom. The molecule has 2 saturated carbocycles. The summed E-state index contributed by atoms with van der Waals surface area (Å²) in [4.78, 5) is 31.4. The van der Waals surface area contributed by atoms with Crippen LogP contribution in [0.2, 0.25) is 0 Å². The van der Waals surface area contributed by atoms with Gasteiger partial charge in [0, 0.05) is 41.8 Å². The summed E-state index contributed by atoms with van der Waals surface area (Å²) in [7, 11) is 0. The van der Waals surface area contributed by atoms with Crippen LogP contribution in [0.1, 0.15) is 91.4 Å². The molecule has 5 aromatic rings. The lowest BCUT2D eigenvalue weighted by molar-refractivity contribution is -0.141. The minimum absolute atomic E-state index is 0.0185. The molecule has 7 rings (SSSR count). The van der Waals surface area contributed by atoms with E-state index in [1.165, 1.54) is 12.8 Å². The van der Waals surface area contributed by atoms with Crippen LogP contribution in [0.15, 0.2) is 95.1 Å². The van der Waals surface area contributed by atoms with Crippen molar-refractivity contribution in [3.63, 3.8) is 0 Å². The average molecular weight is 669 g/mol. The van der Waals surface area contributed by atoms with Crippen LogP contribution in [-0.2, 0) is 4.79 Å². The van der Waals surface area contributed by atoms with Crippen molar-refractivity contribution in [2.75, 3.05) is 0 Å². The second-order valence-electron chi connectivity index (χ2n) is 11.5. The number of aliphatic carboxylic acids is 1. The number of carboxylic acid groups (broad SMARTS) is 1. The first-order valence-corrected chi connectivity index (χ1v) is 16.3. The highest BCUT2D eigenvalue weighted by atomic mass is 16.5. The minimum atomic E-state index is -0.609. The van der Waals surface area contributed by atoms with E-state index in [1.54, 1.807) is 36.9 Å². The summed E-state index contributed by atoms with van der Waals surface area (Å²) in [6.07, 6.45) is 15.5. The summed E-state index contributed by atoms with van der Waals surface area (Å²) in [6, 6.07) is 18.3. The van der Waals surface area contributed by atoms with Crippen molar-refractivity contribution in [3.8, 4) is 35.2 Å². The molecular formula is C38H36N8O4. The third-order valence-corrected chi connectivity index (χ3v) is 7.98. The maximum atomic E-state index is 10.2. The lowest BCUT2D eigenvalue weighted by Crippen LogP contribution is -2.14. The van der Waals surface area contributed by atoms with Crippen LogP contribution in [0.4, 0.5) is 0 Å². The number of hydrogen-bond donors (Lipinski definition) is 3. The first kappa shape index (κ1) is 34.9. The number of rotatable bonds is 4. The Labute approximate surface area is 290 Å². The van der Waals surface area contributed by atoms with E-state index in [9.17, 15) is 4.79 Å². The van der Waals surface area contributed by atoms with Crippen LogP contribution in [-0.4, -0.2) is 52.2 Å². The van der Waals surface area contributed by atoms with Crippen LogP contribution in [0.3, 0.4) is 0 Å². The molecule has 0 bridgehead atoms. The van der Waals surface area contributed by atoms with Gasteiger partial charge in [0.1, 0.15) is 22.8 Å². The van der Waals surface area contributed by atoms with E-state index >= 15 is 0 Å². The standard InChI is InChI=1S/C19H16N4O.C13H10N4O.C6H10O2/c1-2-6-15(5-1)19-22-18(23-24-19)17-11-9-14(13-21-17)8-10-16-7-3-4-12-20-16;14-13(17-18)12-7-5-10(9-16-12)4-6-11-3-1-2-8-15-11;7-6(8)5-3-1-2-4-5/h3-4,7,9,11-13,15H,1-2,5-6H2;1-3,5,7-9,18H,(H2,14,17);5H,1-4H2,(H,7,8). The van der Waals surface area contributed by atoms with Gasteiger partial charge >= 0.3 is 5.97 Å². The van der Waals surface area contributed by atoms with E-state index < -0.39 is 5.97 Å². The van der Waals surface area contributed by atoms with Gasteiger partial charge in [0.25, 0.3) is 0 Å². The molecule has 0 radical (unpaired) electrons. The van der Waals surface area contributed by atoms with E-state index in [4.69, 9.17) is 20.6 Å². The molecule has 50 heavy (non-hydrogen) atoms. The van der Waals surface area contributed by atoms with Crippen molar-refractivity contribution in [2.45, 2.75) is 57.3 Å². The van der Waals surface area contributed by atoms with Crippen molar-refractivity contribution in [3.05, 3.63) is 120 Å². The maximum absolute atomic E-state index is 10.2. The Kier molecular flexibility index (Phi) is 12.7. The zero-order valence-corrected chi connectivity index (χ0v) is 27.3. The first-order valence-electron chi connectivity index (χ1n) is 16.3. The average Bonchev–Trinajstić information content (AvgIpc) is 3.99. The summed E-state index contributed by atoms with van der Waals surface area (Å²) in [5, 5.41) is 23.8. The van der Waals surface area contributed by atoms with Gasteiger partial charge in [0.2, 0.25) is 11.7 Å². The van der Waals surface area contributed by atoms with E-state index in [1.807, 2.05) is 48.5 Å². The highest BCUT2D eigenvalue weighted by Gasteiger charge is 2.23. The van der Waals surface area contributed by atoms with Crippen LogP contribution >= 0.6 is 0 Å². The van der Waals surface area contributed by atoms with Crippen molar-refractivity contribution < 1.29 is 19.6 Å². The fourth-order valence-electron chi connectivity index (χ4n) is 5.27. The van der Waals surface area contributed by atoms with Gasteiger partial charge < -0.3 is 20.6 Å². The van der Waals surface area contributed by atoms with Gasteiger partial charge in [-0.2, -0.15) is 4.98 Å². The second kappa shape index (κ2) is 18.2. The zero-order valence-electron chi connectivity index (χ0n) is 27.3. The number of hydrogen-bond acceptors (Lipinski definition) is 10. The summed E-state index contributed by atoms with van der Waals surface area (Å²) in [5.41, 5.74) is 9.49. The Bertz CT molecular complexity index is 1960. The molecular weight excluding hydrogens is 632 g/mol. The number of carboxylic acids is 1. The predicted octanol–water partition coefficient (Wildman–Crippen LogP) is 5.82. The fourth-order valence-corrected chi connectivity index (χ4v) is 5.27. The molecule has 0 unspecified atom stereocenters. The topological polar surface area (TPSA) is 186 Å². The number of amidine groups is 1. The van der Waals surface area contributed by atoms with Crippen LogP contribution in [0.5, 0.6) is 0 Å². The molecule has 5 aromatic heterocycles. The number of nitrogens with two attached hydrogens (primary N) is 1. The third-order valence-electron chi connectivity index (χ3n) is 7.98. The normalized spacial score (nSPS) is 14.1. The Hall–Kier alpha value is -6.40. The van der Waals surface area contributed by atoms with Crippen molar-refractivity contribution in [1.29, 1.82) is 0 Å². The summed E-state index contributed by atoms with van der Waals surface area (Å²) >= 11 is 0. The molecule has 0 spiro atoms. The molecule has 12 nitrogen and oxygen atoms in total. The van der Waals surface area contributed by atoms with Crippen molar-refractivity contribution >= 4 is 11.8 Å². The van der Waals surface area contributed by atoms with Gasteiger partial charge in [-0.05, 0) is 86.1 Å². The van der Waals surface area contributed by atoms with E-state index in [0.29, 0.717) is 28.8 Å². The van der Waals surface area contributed by atoms with E-state index in [0.717, 1.165) is 61.2 Å². The molecule has 12 heteroatoms. The molecule has 2 aliphatic rings. The number of carbonyl (C=O) groups is 1. The zero-order chi connectivity index (χ0) is 35.0. The van der Waals surface area contributed by atoms with Gasteiger partial charge in [-0.3, -0.25) is 14.8 Å². The lowest BCUT2D eigenvalue weighted by Gasteiger charge is -1.99. The number of oxime groups is 1. The first-order chi connectivity index (χ1) is 24.5. The van der Waals surface area contributed by atoms with Gasteiger partial charge in [0.05, 0.1) is 5.92 Å². The molecule has 252 valence electrons. The van der Waals surface area contributed by atoms with E-state index in [2.05, 4.69) is 58.9 Å². The molecule has 0 aromatic carbocycles. The van der Waals surface area contributed by atoms with Gasteiger partial charge in [-0.1, -0.05) is 60.0 Å². The van der Waals surface area contributed by atoms with Crippen LogP contribution < -0.4 is 5.73 Å². The lowest BCUT2D eigenvalue weighted by atomic mass is 10.1. The van der Waals surface area contributed by atoms with Crippen LogP contribution in [0, 0.1) is 29.6 Å². The molecule has 4 N–H and O–H groups in total. The molecule has 0 aliphatic heterocycles. The molecule has 5 heterocycles. The second-order valence-corrected chi connectivity index (χ2v) is 11.5. The van der Waals surface area contributed by atoms with Crippen molar-refractivity contribution in [2.24, 2.45) is 16.8 Å². The smallest absolute Gasteiger partial charge is 0.306 e. The maximum Gasteiger partial charge on any atom is 0.306 e. The Morgan fingerprint density at radius 3 is 1.84 bits per heavy atom. The van der Waals surface area contributed by atoms with Gasteiger partial charge in [-0.15, -0.1) is 0 Å². The quantitative estimate of drug-likeness (QED) is 0.0689. The number of nitrogens with zero attached hydrogens (tertiary/aromatic N) is 7. The highest BCUT2D eigenvalue weighted by Crippen LogP contribution is 2.33. The molecule has 0 atom stereocenters. The van der Waals surface area contributed by atoms with Crippen LogP contribution in [0.25, 0.3) is 11.5 Å².